The molecule has 0 aliphatic carbocycles. The summed E-state index contributed by atoms with van der Waals surface area (Å²) in [4.78, 5) is 11.0. The summed E-state index contributed by atoms with van der Waals surface area (Å²) in [7, 11) is 2.94. The van der Waals surface area contributed by atoms with Crippen molar-refractivity contribution in [3.63, 3.8) is 0 Å². The maximum atomic E-state index is 11.0. The highest BCUT2D eigenvalue weighted by atomic mass is 16.5. The van der Waals surface area contributed by atoms with Crippen LogP contribution >= 0.6 is 0 Å². The lowest BCUT2D eigenvalue weighted by atomic mass is 10.3. The van der Waals surface area contributed by atoms with Gasteiger partial charge in [-0.15, -0.1) is 6.42 Å². The molecule has 0 unspecified atom stereocenters. The van der Waals surface area contributed by atoms with E-state index in [0.29, 0.717) is 11.4 Å². The molecule has 0 aliphatic rings. The largest absolute Gasteiger partial charge is 0.464 e. The van der Waals surface area contributed by atoms with Crippen molar-refractivity contribution in [2.75, 3.05) is 7.11 Å². The number of aryl methyl sites for hydroxylation is 1. The third kappa shape index (κ3) is 1.30. The van der Waals surface area contributed by atoms with E-state index in [0.717, 1.165) is 0 Å². The molecule has 62 valence electrons. The number of methoxy groups -OCH3 is 1. The van der Waals surface area contributed by atoms with Gasteiger partial charge < -0.3 is 4.74 Å². The molecule has 1 heterocycles. The van der Waals surface area contributed by atoms with Crippen molar-refractivity contribution in [1.82, 2.24) is 9.78 Å². The first-order valence-corrected chi connectivity index (χ1v) is 3.28. The molecule has 0 spiro atoms. The van der Waals surface area contributed by atoms with Crippen LogP contribution in [-0.4, -0.2) is 22.9 Å². The molecular weight excluding hydrogens is 156 g/mol. The highest BCUT2D eigenvalue weighted by molar-refractivity contribution is 5.87. The number of carbonyl (C=O) groups excluding carboxylic acids is 1. The molecule has 0 aromatic carbocycles. The number of hydrogen-bond donors (Lipinski definition) is 0. The summed E-state index contributed by atoms with van der Waals surface area (Å²) >= 11 is 0. The summed E-state index contributed by atoms with van der Waals surface area (Å²) in [5.74, 6) is 1.89. The summed E-state index contributed by atoms with van der Waals surface area (Å²) in [5.41, 5.74) is 0.781. The van der Waals surface area contributed by atoms with Gasteiger partial charge in [-0.25, -0.2) is 4.79 Å². The van der Waals surface area contributed by atoms with Gasteiger partial charge in [0.15, 0.2) is 0 Å². The van der Waals surface area contributed by atoms with E-state index in [2.05, 4.69) is 15.8 Å². The molecule has 4 heteroatoms. The van der Waals surface area contributed by atoms with Gasteiger partial charge in [-0.1, -0.05) is 0 Å². The summed E-state index contributed by atoms with van der Waals surface area (Å²) in [6.45, 7) is 0. The summed E-state index contributed by atoms with van der Waals surface area (Å²) in [6, 6.07) is 1.51. The Kier molecular flexibility index (Phi) is 2.15. The molecule has 0 fully saturated rings. The highest BCUT2D eigenvalue weighted by Crippen LogP contribution is 2.02. The zero-order chi connectivity index (χ0) is 9.14. The van der Waals surface area contributed by atoms with Crippen LogP contribution in [0.1, 0.15) is 16.2 Å². The van der Waals surface area contributed by atoms with Gasteiger partial charge in [0.25, 0.3) is 0 Å². The van der Waals surface area contributed by atoms with E-state index in [4.69, 9.17) is 6.42 Å². The Balaban J connectivity index is 3.10. The first-order chi connectivity index (χ1) is 5.69. The van der Waals surface area contributed by atoms with Crippen LogP contribution in [0.3, 0.4) is 0 Å². The second kappa shape index (κ2) is 3.09. The Bertz CT molecular complexity index is 346. The molecule has 0 saturated heterocycles. The van der Waals surface area contributed by atoms with Crippen LogP contribution in [0.5, 0.6) is 0 Å². The van der Waals surface area contributed by atoms with Crippen molar-refractivity contribution in [2.24, 2.45) is 7.05 Å². The lowest BCUT2D eigenvalue weighted by Gasteiger charge is -1.96. The fraction of sp³-hybridized carbons (Fsp3) is 0.250. The van der Waals surface area contributed by atoms with E-state index in [9.17, 15) is 4.79 Å². The zero-order valence-electron chi connectivity index (χ0n) is 6.87. The molecule has 0 bridgehead atoms. The molecule has 1 aromatic heterocycles. The van der Waals surface area contributed by atoms with Gasteiger partial charge in [0.2, 0.25) is 0 Å². The van der Waals surface area contributed by atoms with Gasteiger partial charge in [0, 0.05) is 13.1 Å². The summed E-state index contributed by atoms with van der Waals surface area (Å²) < 4.78 is 5.90. The molecule has 1 rings (SSSR count). The lowest BCUT2D eigenvalue weighted by molar-refractivity contribution is 0.0588. The van der Waals surface area contributed by atoms with E-state index >= 15 is 0 Å². The van der Waals surface area contributed by atoms with E-state index in [1.807, 2.05) is 0 Å². The minimum Gasteiger partial charge on any atom is -0.464 e. The standard InChI is InChI=1S/C8H8N2O2/c1-4-6-5-7(8(11)12-3)10(2)9-6/h1,5H,2-3H3. The number of carbonyl (C=O) groups is 1. The predicted molar refractivity (Wildman–Crippen MR) is 42.5 cm³/mol. The van der Waals surface area contributed by atoms with Crippen molar-refractivity contribution in [3.05, 3.63) is 17.5 Å². The first kappa shape index (κ1) is 8.34. The van der Waals surface area contributed by atoms with E-state index in [1.165, 1.54) is 17.9 Å². The Morgan fingerprint density at radius 1 is 1.83 bits per heavy atom. The molecule has 0 radical (unpaired) electrons. The second-order valence-electron chi connectivity index (χ2n) is 2.17. The smallest absolute Gasteiger partial charge is 0.356 e. The van der Waals surface area contributed by atoms with Gasteiger partial charge in [0.1, 0.15) is 11.4 Å². The fourth-order valence-electron chi connectivity index (χ4n) is 0.833. The fourth-order valence-corrected chi connectivity index (χ4v) is 0.833. The molecular formula is C8H8N2O2. The van der Waals surface area contributed by atoms with Crippen molar-refractivity contribution in [2.45, 2.75) is 0 Å². The number of ether oxygens (including phenoxy) is 1. The van der Waals surface area contributed by atoms with Gasteiger partial charge in [-0.05, 0) is 5.92 Å². The number of rotatable bonds is 1. The number of nitrogens with zero attached hydrogens (tertiary/aromatic N) is 2. The Morgan fingerprint density at radius 3 is 2.92 bits per heavy atom. The maximum Gasteiger partial charge on any atom is 0.356 e. The first-order valence-electron chi connectivity index (χ1n) is 3.28. The van der Waals surface area contributed by atoms with E-state index in [1.54, 1.807) is 7.05 Å². The van der Waals surface area contributed by atoms with Crippen molar-refractivity contribution in [1.29, 1.82) is 0 Å². The monoisotopic (exact) mass is 164 g/mol. The second-order valence-corrected chi connectivity index (χ2v) is 2.17. The van der Waals surface area contributed by atoms with Crippen LogP contribution in [0.4, 0.5) is 0 Å². The van der Waals surface area contributed by atoms with Crippen LogP contribution in [0.25, 0.3) is 0 Å². The van der Waals surface area contributed by atoms with Crippen LogP contribution in [-0.2, 0) is 11.8 Å². The number of esters is 1. The average molecular weight is 164 g/mol. The maximum absolute atomic E-state index is 11.0. The van der Waals surface area contributed by atoms with Crippen LogP contribution in [0.2, 0.25) is 0 Å². The Morgan fingerprint density at radius 2 is 2.50 bits per heavy atom. The molecule has 0 amide bonds. The zero-order valence-corrected chi connectivity index (χ0v) is 6.87. The lowest BCUT2D eigenvalue weighted by Crippen LogP contribution is -2.07. The third-order valence-electron chi connectivity index (χ3n) is 1.42. The van der Waals surface area contributed by atoms with Gasteiger partial charge in [-0.2, -0.15) is 5.10 Å². The number of hydrogen-bond acceptors (Lipinski definition) is 3. The quantitative estimate of drug-likeness (QED) is 0.439. The normalized spacial score (nSPS) is 9.08. The number of aromatic nitrogens is 2. The van der Waals surface area contributed by atoms with Crippen molar-refractivity contribution < 1.29 is 9.53 Å². The molecule has 4 nitrogen and oxygen atoms in total. The molecule has 0 N–H and O–H groups in total. The van der Waals surface area contributed by atoms with Crippen LogP contribution in [0, 0.1) is 12.3 Å². The molecule has 1 aromatic rings. The molecule has 12 heavy (non-hydrogen) atoms. The van der Waals surface area contributed by atoms with Crippen LogP contribution < -0.4 is 0 Å². The van der Waals surface area contributed by atoms with Crippen LogP contribution in [0.15, 0.2) is 6.07 Å². The molecule has 0 aliphatic heterocycles. The van der Waals surface area contributed by atoms with Crippen molar-refractivity contribution in [3.8, 4) is 12.3 Å². The predicted octanol–water partition coefficient (Wildman–Crippen LogP) is 0.188. The Hall–Kier alpha value is -1.76. The molecule has 0 atom stereocenters. The van der Waals surface area contributed by atoms with Gasteiger partial charge >= 0.3 is 5.97 Å². The summed E-state index contributed by atoms with van der Waals surface area (Å²) in [6.07, 6.45) is 5.10. The third-order valence-corrected chi connectivity index (χ3v) is 1.42. The topological polar surface area (TPSA) is 44.1 Å². The average Bonchev–Trinajstić information content (AvgIpc) is 2.45. The Labute approximate surface area is 70.1 Å². The van der Waals surface area contributed by atoms with Crippen molar-refractivity contribution >= 4 is 5.97 Å². The van der Waals surface area contributed by atoms with Gasteiger partial charge in [0.05, 0.1) is 7.11 Å². The minimum atomic E-state index is -0.438. The minimum absolute atomic E-state index is 0.352. The van der Waals surface area contributed by atoms with E-state index in [-0.39, 0.29) is 0 Å². The molecule has 0 saturated carbocycles. The highest BCUT2D eigenvalue weighted by Gasteiger charge is 2.11. The summed E-state index contributed by atoms with van der Waals surface area (Å²) in [5, 5.41) is 3.88. The SMILES string of the molecule is C#Cc1cc(C(=O)OC)n(C)n1. The number of terminal acetylenes is 1. The van der Waals surface area contributed by atoms with E-state index < -0.39 is 5.97 Å². The van der Waals surface area contributed by atoms with Gasteiger partial charge in [-0.3, -0.25) is 4.68 Å².